The van der Waals surface area contributed by atoms with Gasteiger partial charge in [0, 0.05) is 26.1 Å². The number of amides is 6. The molecule has 0 saturated carbocycles. The fraction of sp³-hybridized carbons (Fsp3) is 0.618. The predicted molar refractivity (Wildman–Crippen MR) is 193 cm³/mol. The molecule has 0 fully saturated rings. The van der Waals surface area contributed by atoms with Gasteiger partial charge in [-0.15, -0.1) is 0 Å². The Morgan fingerprint density at radius 3 is 1.53 bits per heavy atom. The molecule has 2 rings (SSSR count). The molecule has 21 nitrogen and oxygen atoms in total. The maximum Gasteiger partial charge on any atom is 0.268 e. The molecule has 1 aromatic rings. The number of nitrogens with zero attached hydrogens (tertiary/aromatic N) is 4. The summed E-state index contributed by atoms with van der Waals surface area (Å²) in [5.74, 6) is -5.26. The normalized spacial score (nSPS) is 22.6. The summed E-state index contributed by atoms with van der Waals surface area (Å²) >= 11 is 0. The van der Waals surface area contributed by atoms with Crippen LogP contribution in [0.3, 0.4) is 0 Å². The minimum Gasteiger partial charge on any atom is -0.377 e. The van der Waals surface area contributed by atoms with E-state index in [0.717, 1.165) is 0 Å². The number of hydrogen-bond donors (Lipinski definition) is 11. The fourth-order valence-electron chi connectivity index (χ4n) is 5.29. The lowest BCUT2D eigenvalue weighted by Crippen LogP contribution is -2.57. The quantitative estimate of drug-likeness (QED) is 0.0567. The van der Waals surface area contributed by atoms with Gasteiger partial charge in [0.15, 0.2) is 0 Å². The summed E-state index contributed by atoms with van der Waals surface area (Å²) in [5.41, 5.74) is 0.642. The molecule has 1 aromatic carbocycles. The van der Waals surface area contributed by atoms with Crippen LogP contribution in [0.5, 0.6) is 0 Å². The summed E-state index contributed by atoms with van der Waals surface area (Å²) in [6, 6.07) is 3.20. The number of carbonyl (C=O) groups is 6. The molecular formula is C34H55N9O12. The SMILES string of the molecule is CC(O)N(O)CCCC1NC(=O)C=NC(=O)C(Cc2ccccc2)NC(=O)CNC(=O)C(CCCN(O)C(C)O)NC(=O)C(CCCN(O)C(C)O)NC1=O. The van der Waals surface area contributed by atoms with Crippen molar-refractivity contribution in [3.05, 3.63) is 35.9 Å². The van der Waals surface area contributed by atoms with Crippen LogP contribution < -0.4 is 26.6 Å². The average molecular weight is 782 g/mol. The summed E-state index contributed by atoms with van der Waals surface area (Å²) in [6.45, 7) is 2.91. The average Bonchev–Trinajstić information content (AvgIpc) is 3.13. The zero-order valence-electron chi connectivity index (χ0n) is 31.2. The lowest BCUT2D eigenvalue weighted by Gasteiger charge is -2.27. The van der Waals surface area contributed by atoms with E-state index in [4.69, 9.17) is 0 Å². The molecule has 0 radical (unpaired) electrons. The van der Waals surface area contributed by atoms with Gasteiger partial charge in [-0.2, -0.15) is 15.2 Å². The van der Waals surface area contributed by atoms with E-state index in [1.165, 1.54) is 20.8 Å². The molecule has 7 atom stereocenters. The van der Waals surface area contributed by atoms with Crippen molar-refractivity contribution in [1.29, 1.82) is 0 Å². The number of nitrogens with one attached hydrogen (secondary N) is 5. The third-order valence-corrected chi connectivity index (χ3v) is 8.48. The second-order valence-corrected chi connectivity index (χ2v) is 13.1. The molecule has 0 spiro atoms. The van der Waals surface area contributed by atoms with Gasteiger partial charge in [0.05, 0.1) is 12.8 Å². The third-order valence-electron chi connectivity index (χ3n) is 8.48. The first-order chi connectivity index (χ1) is 26.0. The van der Waals surface area contributed by atoms with Gasteiger partial charge >= 0.3 is 0 Å². The number of aliphatic imine (C=N–C) groups is 1. The zero-order valence-corrected chi connectivity index (χ0v) is 31.2. The van der Waals surface area contributed by atoms with Gasteiger partial charge in [-0.1, -0.05) is 30.3 Å². The molecule has 1 aliphatic heterocycles. The Hall–Kier alpha value is -4.45. The molecule has 0 aromatic heterocycles. The molecular weight excluding hydrogens is 726 g/mol. The first-order valence-corrected chi connectivity index (χ1v) is 18.0. The predicted octanol–water partition coefficient (Wildman–Crippen LogP) is -2.68. The summed E-state index contributed by atoms with van der Waals surface area (Å²) < 4.78 is 0. The molecule has 308 valence electrons. The highest BCUT2D eigenvalue weighted by atomic mass is 16.5. The molecule has 0 aliphatic carbocycles. The Bertz CT molecular complexity index is 1430. The van der Waals surface area contributed by atoms with Gasteiger partial charge in [0.1, 0.15) is 42.9 Å². The summed E-state index contributed by atoms with van der Waals surface area (Å²) in [6.07, 6.45) is -3.37. The van der Waals surface area contributed by atoms with E-state index >= 15 is 0 Å². The highest BCUT2D eigenvalue weighted by molar-refractivity contribution is 6.28. The zero-order chi connectivity index (χ0) is 41.1. The maximum absolute atomic E-state index is 13.8. The minimum absolute atomic E-state index is 0.0312. The van der Waals surface area contributed by atoms with E-state index in [1.807, 2.05) is 0 Å². The van der Waals surface area contributed by atoms with E-state index in [2.05, 4.69) is 31.6 Å². The van der Waals surface area contributed by atoms with E-state index in [9.17, 15) is 59.7 Å². The first-order valence-electron chi connectivity index (χ1n) is 18.0. The van der Waals surface area contributed by atoms with Crippen molar-refractivity contribution in [2.24, 2.45) is 4.99 Å². The van der Waals surface area contributed by atoms with Crippen LogP contribution in [0.1, 0.15) is 64.9 Å². The van der Waals surface area contributed by atoms with E-state index in [0.29, 0.717) is 27.0 Å². The topological polar surface area (TPSA) is 306 Å². The molecule has 1 aliphatic rings. The van der Waals surface area contributed by atoms with Crippen LogP contribution in [0.2, 0.25) is 0 Å². The van der Waals surface area contributed by atoms with Crippen LogP contribution in [0, 0.1) is 0 Å². The van der Waals surface area contributed by atoms with Gasteiger partial charge in [-0.25, -0.2) is 4.99 Å². The Kier molecular flexibility index (Phi) is 20.5. The number of rotatable bonds is 17. The van der Waals surface area contributed by atoms with Crippen LogP contribution in [0.15, 0.2) is 35.3 Å². The van der Waals surface area contributed by atoms with Crippen molar-refractivity contribution in [2.75, 3.05) is 26.2 Å². The number of aliphatic hydroxyl groups is 3. The Morgan fingerprint density at radius 1 is 0.636 bits per heavy atom. The number of hydroxylamine groups is 6. The first kappa shape index (κ1) is 46.7. The monoisotopic (exact) mass is 781 g/mol. The van der Waals surface area contributed by atoms with Crippen molar-refractivity contribution >= 4 is 41.7 Å². The highest BCUT2D eigenvalue weighted by Gasteiger charge is 2.31. The maximum atomic E-state index is 13.8. The van der Waals surface area contributed by atoms with Crippen LogP contribution in [0.25, 0.3) is 0 Å². The van der Waals surface area contributed by atoms with E-state index in [-0.39, 0.29) is 64.6 Å². The van der Waals surface area contributed by atoms with Crippen molar-refractivity contribution < 1.29 is 59.7 Å². The molecule has 11 N–H and O–H groups in total. The van der Waals surface area contributed by atoms with Crippen LogP contribution in [0.4, 0.5) is 0 Å². The lowest BCUT2D eigenvalue weighted by molar-refractivity contribution is -0.189. The number of hydrogen-bond acceptors (Lipinski definition) is 15. The minimum atomic E-state index is -1.39. The fourth-order valence-corrected chi connectivity index (χ4v) is 5.29. The summed E-state index contributed by atoms with van der Waals surface area (Å²) in [4.78, 5) is 83.9. The smallest absolute Gasteiger partial charge is 0.268 e. The second-order valence-electron chi connectivity index (χ2n) is 13.1. The highest BCUT2D eigenvalue weighted by Crippen LogP contribution is 2.09. The molecule has 7 unspecified atom stereocenters. The van der Waals surface area contributed by atoms with Crippen molar-refractivity contribution in [3.63, 3.8) is 0 Å². The standard InChI is InChI=1S/C34H55N9O12/c1-21(44)41(53)15-7-12-25-31(49)35-20-30(48)38-28(18-24-10-5-4-6-11-24)32(50)36-19-29(47)37-26(13-8-16-42(54)22(2)45)33(51)40-27(34(52)39-25)14-9-17-43(55)23(3)46/h4-6,10-11,19,21-23,25-28,44-46,53-55H,7-9,12-18,20H2,1-3H3,(H,35,49)(H,37,47)(H,38,48)(H,39,52)(H,40,51). The van der Waals surface area contributed by atoms with Gasteiger partial charge in [-0.3, -0.25) is 28.8 Å². The van der Waals surface area contributed by atoms with Gasteiger partial charge in [0.2, 0.25) is 23.6 Å². The molecule has 1 heterocycles. The second kappa shape index (κ2) is 24.1. The molecule has 6 amide bonds. The van der Waals surface area contributed by atoms with Crippen molar-refractivity contribution in [1.82, 2.24) is 41.8 Å². The van der Waals surface area contributed by atoms with Crippen LogP contribution >= 0.6 is 0 Å². The van der Waals surface area contributed by atoms with E-state index in [1.54, 1.807) is 30.3 Å². The third kappa shape index (κ3) is 17.7. The van der Waals surface area contributed by atoms with Crippen LogP contribution in [-0.4, -0.2) is 157 Å². The van der Waals surface area contributed by atoms with Gasteiger partial charge in [-0.05, 0) is 64.9 Å². The molecule has 55 heavy (non-hydrogen) atoms. The van der Waals surface area contributed by atoms with Crippen molar-refractivity contribution in [2.45, 2.75) is 109 Å². The van der Waals surface area contributed by atoms with Crippen LogP contribution in [-0.2, 0) is 35.2 Å². The molecule has 0 bridgehead atoms. The van der Waals surface area contributed by atoms with Crippen molar-refractivity contribution in [3.8, 4) is 0 Å². The van der Waals surface area contributed by atoms with Gasteiger partial charge in [0.25, 0.3) is 11.8 Å². The summed E-state index contributed by atoms with van der Waals surface area (Å²) in [5, 5.41) is 73.0. The number of benzene rings is 1. The Labute approximate surface area is 318 Å². The largest absolute Gasteiger partial charge is 0.377 e. The Balaban J connectivity index is 2.50. The number of aliphatic hydroxyl groups excluding tert-OH is 3. The Morgan fingerprint density at radius 2 is 1.07 bits per heavy atom. The molecule has 0 saturated heterocycles. The molecule has 21 heteroatoms. The van der Waals surface area contributed by atoms with Gasteiger partial charge < -0.3 is 57.5 Å². The summed E-state index contributed by atoms with van der Waals surface area (Å²) in [7, 11) is 0. The lowest BCUT2D eigenvalue weighted by atomic mass is 10.0. The number of carbonyl (C=O) groups excluding carboxylic acids is 6. The van der Waals surface area contributed by atoms with E-state index < -0.39 is 84.8 Å².